The second kappa shape index (κ2) is 11.3. The van der Waals surface area contributed by atoms with Gasteiger partial charge in [0.25, 0.3) is 0 Å². The second-order valence-corrected chi connectivity index (χ2v) is 10.6. The molecule has 0 radical (unpaired) electrons. The molecule has 38 heavy (non-hydrogen) atoms. The molecule has 2 aliphatic rings. The zero-order valence-corrected chi connectivity index (χ0v) is 22.3. The first-order valence-corrected chi connectivity index (χ1v) is 12.7. The lowest BCUT2D eigenvalue weighted by Crippen LogP contribution is -2.44. The average Bonchev–Trinajstić information content (AvgIpc) is 3.22. The minimum atomic E-state index is -0.807. The highest BCUT2D eigenvalue weighted by Gasteiger charge is 2.37. The van der Waals surface area contributed by atoms with Crippen LogP contribution in [0.15, 0.2) is 54.6 Å². The largest absolute Gasteiger partial charge is 0.443 e. The highest BCUT2D eigenvalue weighted by Crippen LogP contribution is 2.30. The predicted octanol–water partition coefficient (Wildman–Crippen LogP) is 5.22. The van der Waals surface area contributed by atoms with Crippen LogP contribution in [0.2, 0.25) is 0 Å². The Labute approximate surface area is 222 Å². The zero-order valence-electron chi connectivity index (χ0n) is 22.3. The molecule has 3 amide bonds. The molecule has 0 aromatic heterocycles. The first-order valence-electron chi connectivity index (χ1n) is 12.7. The molecule has 0 bridgehead atoms. The van der Waals surface area contributed by atoms with Gasteiger partial charge in [-0.25, -0.2) is 18.9 Å². The predicted molar refractivity (Wildman–Crippen MR) is 142 cm³/mol. The highest BCUT2D eigenvalue weighted by atomic mass is 19.1. The minimum Gasteiger partial charge on any atom is -0.443 e. The summed E-state index contributed by atoms with van der Waals surface area (Å²) in [6.07, 6.45) is 0.541. The Morgan fingerprint density at radius 1 is 1.16 bits per heavy atom. The quantitative estimate of drug-likeness (QED) is 0.516. The lowest BCUT2D eigenvalue weighted by molar-refractivity contribution is -0.129. The van der Waals surface area contributed by atoms with Crippen LogP contribution in [-0.2, 0) is 20.8 Å². The summed E-state index contributed by atoms with van der Waals surface area (Å²) in [6, 6.07) is 14.9. The fourth-order valence-corrected chi connectivity index (χ4v) is 4.55. The molecule has 1 fully saturated rings. The van der Waals surface area contributed by atoms with Crippen LogP contribution in [0.1, 0.15) is 45.2 Å². The van der Waals surface area contributed by atoms with Gasteiger partial charge in [-0.3, -0.25) is 14.6 Å². The molecule has 2 aromatic carbocycles. The molecule has 1 atom stereocenters. The number of anilines is 1. The Morgan fingerprint density at radius 3 is 2.50 bits per heavy atom. The standard InChI is InChI=1S/C29H34FN3O5/c1-20(34)32(28(36)38-29(2,3)4)18-24-19-33(27(35)37-24)23-10-11-25(26(30)16-23)22-12-14-31(15-13-22)17-21-8-6-5-7-9-21/h5-12,16,24H,13-15,17-19H2,1-4H3. The fourth-order valence-electron chi connectivity index (χ4n) is 4.55. The van der Waals surface area contributed by atoms with Crippen LogP contribution in [0.5, 0.6) is 0 Å². The lowest BCUT2D eigenvalue weighted by Gasteiger charge is -2.27. The molecule has 2 aliphatic heterocycles. The van der Waals surface area contributed by atoms with E-state index in [0.717, 1.165) is 36.5 Å². The van der Waals surface area contributed by atoms with E-state index < -0.39 is 35.6 Å². The maximum atomic E-state index is 15.2. The van der Waals surface area contributed by atoms with Crippen LogP contribution in [0, 0.1) is 5.82 Å². The summed E-state index contributed by atoms with van der Waals surface area (Å²) in [6.45, 7) is 8.66. The number of amides is 3. The smallest absolute Gasteiger partial charge is 0.417 e. The molecule has 0 N–H and O–H groups in total. The summed E-state index contributed by atoms with van der Waals surface area (Å²) < 4.78 is 25.9. The van der Waals surface area contributed by atoms with Gasteiger partial charge in [0, 0.05) is 32.1 Å². The number of hydrogen-bond donors (Lipinski definition) is 0. The van der Waals surface area contributed by atoms with Gasteiger partial charge in [-0.15, -0.1) is 0 Å². The molecule has 9 heteroatoms. The molecule has 4 rings (SSSR count). The number of cyclic esters (lactones) is 1. The van der Waals surface area contributed by atoms with Crippen molar-refractivity contribution >= 4 is 29.4 Å². The van der Waals surface area contributed by atoms with Crippen molar-refractivity contribution in [2.45, 2.75) is 52.4 Å². The summed E-state index contributed by atoms with van der Waals surface area (Å²) in [4.78, 5) is 41.6. The number of halogens is 1. The molecule has 8 nitrogen and oxygen atoms in total. The van der Waals surface area contributed by atoms with Gasteiger partial charge in [0.1, 0.15) is 17.5 Å². The Hall–Kier alpha value is -3.72. The van der Waals surface area contributed by atoms with Crippen LogP contribution < -0.4 is 4.90 Å². The molecule has 0 saturated carbocycles. The van der Waals surface area contributed by atoms with Gasteiger partial charge in [0.15, 0.2) is 0 Å². The minimum absolute atomic E-state index is 0.0708. The van der Waals surface area contributed by atoms with E-state index >= 15 is 4.39 Å². The van der Waals surface area contributed by atoms with Gasteiger partial charge in [-0.2, -0.15) is 0 Å². The number of ether oxygens (including phenoxy) is 2. The maximum absolute atomic E-state index is 15.2. The summed E-state index contributed by atoms with van der Waals surface area (Å²) in [5.41, 5.74) is 2.27. The highest BCUT2D eigenvalue weighted by molar-refractivity contribution is 5.92. The molecular weight excluding hydrogens is 489 g/mol. The Bertz CT molecular complexity index is 1220. The fraction of sp³-hybridized carbons (Fsp3) is 0.414. The molecule has 2 aromatic rings. The van der Waals surface area contributed by atoms with E-state index in [4.69, 9.17) is 9.47 Å². The summed E-state index contributed by atoms with van der Waals surface area (Å²) in [7, 11) is 0. The molecular formula is C29H34FN3O5. The molecule has 0 aliphatic carbocycles. The summed E-state index contributed by atoms with van der Waals surface area (Å²) in [5, 5.41) is 0. The first-order chi connectivity index (χ1) is 18.0. The first kappa shape index (κ1) is 27.3. The number of nitrogens with zero attached hydrogens (tertiary/aromatic N) is 3. The van der Waals surface area contributed by atoms with Crippen molar-refractivity contribution in [2.24, 2.45) is 0 Å². The number of hydrogen-bond acceptors (Lipinski definition) is 6. The second-order valence-electron chi connectivity index (χ2n) is 10.6. The van der Waals surface area contributed by atoms with Gasteiger partial charge in [-0.05, 0) is 56.5 Å². The van der Waals surface area contributed by atoms with Gasteiger partial charge in [0.05, 0.1) is 18.8 Å². The molecule has 2 heterocycles. The van der Waals surface area contributed by atoms with E-state index in [1.165, 1.54) is 23.5 Å². The van der Waals surface area contributed by atoms with Gasteiger partial charge in [0.2, 0.25) is 5.91 Å². The van der Waals surface area contributed by atoms with Crippen molar-refractivity contribution < 1.29 is 28.2 Å². The van der Waals surface area contributed by atoms with Crippen LogP contribution in [0.25, 0.3) is 5.57 Å². The Kier molecular flexibility index (Phi) is 8.16. The number of benzene rings is 2. The van der Waals surface area contributed by atoms with Crippen molar-refractivity contribution in [2.75, 3.05) is 31.1 Å². The van der Waals surface area contributed by atoms with E-state index in [1.807, 2.05) is 18.2 Å². The van der Waals surface area contributed by atoms with Gasteiger partial charge < -0.3 is 9.47 Å². The summed E-state index contributed by atoms with van der Waals surface area (Å²) in [5.74, 6) is -0.937. The van der Waals surface area contributed by atoms with Crippen molar-refractivity contribution in [3.8, 4) is 0 Å². The van der Waals surface area contributed by atoms with Crippen LogP contribution in [0.3, 0.4) is 0 Å². The summed E-state index contributed by atoms with van der Waals surface area (Å²) >= 11 is 0. The van der Waals surface area contributed by atoms with Gasteiger partial charge in [-0.1, -0.05) is 36.4 Å². The third-order valence-electron chi connectivity index (χ3n) is 6.41. The van der Waals surface area contributed by atoms with Crippen molar-refractivity contribution in [1.29, 1.82) is 0 Å². The van der Waals surface area contributed by atoms with Crippen LogP contribution >= 0.6 is 0 Å². The third-order valence-corrected chi connectivity index (χ3v) is 6.41. The van der Waals surface area contributed by atoms with Crippen molar-refractivity contribution in [3.05, 3.63) is 71.6 Å². The molecule has 1 unspecified atom stereocenters. The Balaban J connectivity index is 1.39. The molecule has 202 valence electrons. The van der Waals surface area contributed by atoms with Crippen LogP contribution in [-0.4, -0.2) is 65.8 Å². The van der Waals surface area contributed by atoms with E-state index in [1.54, 1.807) is 32.9 Å². The normalized spacial score (nSPS) is 18.1. The van der Waals surface area contributed by atoms with E-state index in [9.17, 15) is 14.4 Å². The topological polar surface area (TPSA) is 79.4 Å². The average molecular weight is 524 g/mol. The van der Waals surface area contributed by atoms with E-state index in [-0.39, 0.29) is 13.1 Å². The Morgan fingerprint density at radius 2 is 1.89 bits per heavy atom. The van der Waals surface area contributed by atoms with E-state index in [2.05, 4.69) is 23.1 Å². The van der Waals surface area contributed by atoms with Gasteiger partial charge >= 0.3 is 12.2 Å². The SMILES string of the molecule is CC(=O)N(CC1CN(c2ccc(C3=CCN(Cc4ccccc4)CC3)c(F)c2)C(=O)O1)C(=O)OC(C)(C)C. The number of rotatable bonds is 6. The maximum Gasteiger partial charge on any atom is 0.417 e. The van der Waals surface area contributed by atoms with E-state index in [0.29, 0.717) is 11.3 Å². The zero-order chi connectivity index (χ0) is 27.4. The van der Waals surface area contributed by atoms with Crippen molar-refractivity contribution in [1.82, 2.24) is 9.80 Å². The lowest BCUT2D eigenvalue weighted by atomic mass is 9.98. The number of carbonyl (C=O) groups is 3. The van der Waals surface area contributed by atoms with Crippen LogP contribution in [0.4, 0.5) is 19.7 Å². The van der Waals surface area contributed by atoms with Crippen molar-refractivity contribution in [3.63, 3.8) is 0 Å². The monoisotopic (exact) mass is 523 g/mol. The molecule has 0 spiro atoms. The third kappa shape index (κ3) is 6.77. The number of imide groups is 1. The number of carbonyl (C=O) groups excluding carboxylic acids is 3. The molecule has 1 saturated heterocycles.